The minimum atomic E-state index is -0.720. The van der Waals surface area contributed by atoms with Gasteiger partial charge in [-0.05, 0) is 36.8 Å². The summed E-state index contributed by atoms with van der Waals surface area (Å²) in [5.41, 5.74) is 0.864. The fourth-order valence-corrected chi connectivity index (χ4v) is 2.09. The second-order valence-corrected chi connectivity index (χ2v) is 5.12. The lowest BCUT2D eigenvalue weighted by Crippen LogP contribution is -2.19. The number of halogens is 3. The van der Waals surface area contributed by atoms with Gasteiger partial charge >= 0.3 is 0 Å². The van der Waals surface area contributed by atoms with Crippen molar-refractivity contribution in [3.63, 3.8) is 0 Å². The maximum Gasteiger partial charge on any atom is 0.131 e. The molecule has 0 aromatic heterocycles. The summed E-state index contributed by atoms with van der Waals surface area (Å²) in [5, 5.41) is 12.3. The lowest BCUT2D eigenvalue weighted by molar-refractivity contribution is 0.509. The van der Waals surface area contributed by atoms with Crippen LogP contribution in [0.15, 0.2) is 36.4 Å². The normalized spacial score (nSPS) is 12.0. The van der Waals surface area contributed by atoms with Gasteiger partial charge in [-0.25, -0.2) is 8.78 Å². The van der Waals surface area contributed by atoms with Gasteiger partial charge in [-0.2, -0.15) is 5.26 Å². The Morgan fingerprint density at radius 1 is 1.19 bits per heavy atom. The summed E-state index contributed by atoms with van der Waals surface area (Å²) >= 11 is 5.81. The second kappa shape index (κ2) is 6.66. The third-order valence-electron chi connectivity index (χ3n) is 3.23. The van der Waals surface area contributed by atoms with Crippen molar-refractivity contribution in [2.75, 3.05) is 0 Å². The summed E-state index contributed by atoms with van der Waals surface area (Å²) in [6, 6.07) is 10.9. The molecule has 0 fully saturated rings. The van der Waals surface area contributed by atoms with Crippen LogP contribution in [0.1, 0.15) is 29.7 Å². The van der Waals surface area contributed by atoms with E-state index in [9.17, 15) is 8.78 Å². The highest BCUT2D eigenvalue weighted by Crippen LogP contribution is 2.19. The van der Waals surface area contributed by atoms with Crippen LogP contribution in [0.5, 0.6) is 0 Å². The molecule has 2 rings (SSSR count). The number of hydrogen-bond acceptors (Lipinski definition) is 2. The Morgan fingerprint density at radius 2 is 1.76 bits per heavy atom. The molecule has 0 saturated carbocycles. The van der Waals surface area contributed by atoms with Gasteiger partial charge in [0.1, 0.15) is 11.6 Å². The van der Waals surface area contributed by atoms with E-state index in [1.807, 2.05) is 19.1 Å². The van der Waals surface area contributed by atoms with Crippen molar-refractivity contribution in [1.29, 1.82) is 5.26 Å². The first-order valence-electron chi connectivity index (χ1n) is 6.38. The van der Waals surface area contributed by atoms with E-state index in [1.165, 1.54) is 0 Å². The quantitative estimate of drug-likeness (QED) is 0.912. The third kappa shape index (κ3) is 3.78. The van der Waals surface area contributed by atoms with Crippen LogP contribution < -0.4 is 5.32 Å². The van der Waals surface area contributed by atoms with Gasteiger partial charge in [0.2, 0.25) is 0 Å². The van der Waals surface area contributed by atoms with Gasteiger partial charge < -0.3 is 5.32 Å². The van der Waals surface area contributed by atoms with Crippen molar-refractivity contribution >= 4 is 11.6 Å². The van der Waals surface area contributed by atoms with Crippen LogP contribution in [0.25, 0.3) is 0 Å². The molecule has 0 aliphatic rings. The van der Waals surface area contributed by atoms with Crippen LogP contribution in [0, 0.1) is 23.0 Å². The summed E-state index contributed by atoms with van der Waals surface area (Å²) in [4.78, 5) is 0. The Hall–Kier alpha value is -1.96. The molecule has 0 unspecified atom stereocenters. The molecule has 2 aromatic rings. The minimum Gasteiger partial charge on any atom is -0.306 e. The van der Waals surface area contributed by atoms with Crippen LogP contribution in [0.2, 0.25) is 5.02 Å². The van der Waals surface area contributed by atoms with Crippen LogP contribution in [0.3, 0.4) is 0 Å². The molecular weight excluding hydrogens is 294 g/mol. The van der Waals surface area contributed by atoms with Crippen molar-refractivity contribution in [3.8, 4) is 6.07 Å². The molecule has 0 saturated heterocycles. The van der Waals surface area contributed by atoms with E-state index in [0.717, 1.165) is 17.7 Å². The maximum absolute atomic E-state index is 13.8. The van der Waals surface area contributed by atoms with Crippen molar-refractivity contribution in [3.05, 3.63) is 69.7 Å². The largest absolute Gasteiger partial charge is 0.306 e. The third-order valence-corrected chi connectivity index (χ3v) is 3.48. The molecule has 0 radical (unpaired) electrons. The van der Waals surface area contributed by atoms with E-state index in [4.69, 9.17) is 16.9 Å². The predicted molar refractivity (Wildman–Crippen MR) is 77.8 cm³/mol. The molecule has 0 heterocycles. The molecule has 2 aromatic carbocycles. The molecule has 0 amide bonds. The van der Waals surface area contributed by atoms with E-state index in [-0.39, 0.29) is 23.7 Å². The number of nitrogens with one attached hydrogen (secondary N) is 1. The molecular formula is C16H13ClF2N2. The van der Waals surface area contributed by atoms with Gasteiger partial charge in [0.25, 0.3) is 0 Å². The number of rotatable bonds is 4. The van der Waals surface area contributed by atoms with Crippen molar-refractivity contribution in [1.82, 2.24) is 5.32 Å². The summed E-state index contributed by atoms with van der Waals surface area (Å²) in [6.07, 6.45) is 0. The lowest BCUT2D eigenvalue weighted by Gasteiger charge is -2.15. The highest BCUT2D eigenvalue weighted by Gasteiger charge is 2.13. The first-order chi connectivity index (χ1) is 10.0. The van der Waals surface area contributed by atoms with E-state index in [0.29, 0.717) is 5.02 Å². The SMILES string of the molecule is C[C@H](NCc1c(F)cc(C#N)cc1F)c1ccc(Cl)cc1. The Labute approximate surface area is 127 Å². The summed E-state index contributed by atoms with van der Waals surface area (Å²) in [6.45, 7) is 1.93. The number of hydrogen-bond donors (Lipinski definition) is 1. The summed E-state index contributed by atoms with van der Waals surface area (Å²) < 4.78 is 27.5. The van der Waals surface area contributed by atoms with E-state index in [1.54, 1.807) is 18.2 Å². The molecule has 0 spiro atoms. The predicted octanol–water partition coefficient (Wildman–Crippen LogP) is 4.34. The first-order valence-corrected chi connectivity index (χ1v) is 6.76. The maximum atomic E-state index is 13.8. The van der Waals surface area contributed by atoms with E-state index in [2.05, 4.69) is 5.32 Å². The monoisotopic (exact) mass is 306 g/mol. The van der Waals surface area contributed by atoms with E-state index >= 15 is 0 Å². The van der Waals surface area contributed by atoms with Gasteiger partial charge in [0, 0.05) is 23.2 Å². The van der Waals surface area contributed by atoms with Gasteiger partial charge in [0.05, 0.1) is 11.6 Å². The zero-order chi connectivity index (χ0) is 15.4. The Bertz CT molecular complexity index is 655. The molecule has 5 heteroatoms. The van der Waals surface area contributed by atoms with Crippen LogP contribution in [-0.4, -0.2) is 0 Å². The Kier molecular flexibility index (Phi) is 4.89. The van der Waals surface area contributed by atoms with Crippen molar-refractivity contribution in [2.24, 2.45) is 0 Å². The highest BCUT2D eigenvalue weighted by molar-refractivity contribution is 6.30. The van der Waals surface area contributed by atoms with Gasteiger partial charge in [-0.15, -0.1) is 0 Å². The zero-order valence-electron chi connectivity index (χ0n) is 11.3. The average Bonchev–Trinajstić information content (AvgIpc) is 2.46. The molecule has 0 aliphatic heterocycles. The topological polar surface area (TPSA) is 35.8 Å². The summed E-state index contributed by atoms with van der Waals surface area (Å²) in [7, 11) is 0. The number of benzene rings is 2. The highest BCUT2D eigenvalue weighted by atomic mass is 35.5. The molecule has 0 bridgehead atoms. The smallest absolute Gasteiger partial charge is 0.131 e. The Balaban J connectivity index is 2.10. The molecule has 1 atom stereocenters. The van der Waals surface area contributed by atoms with Crippen molar-refractivity contribution < 1.29 is 8.78 Å². The lowest BCUT2D eigenvalue weighted by atomic mass is 10.1. The zero-order valence-corrected chi connectivity index (χ0v) is 12.1. The molecule has 108 valence electrons. The standard InChI is InChI=1S/C16H13ClF2N2/c1-10(12-2-4-13(17)5-3-12)21-9-14-15(18)6-11(8-20)7-16(14)19/h2-7,10,21H,9H2,1H3/t10-/m0/s1. The fraction of sp³-hybridized carbons (Fsp3) is 0.188. The van der Waals surface area contributed by atoms with Crippen LogP contribution >= 0.6 is 11.6 Å². The van der Waals surface area contributed by atoms with E-state index < -0.39 is 11.6 Å². The van der Waals surface area contributed by atoms with Gasteiger partial charge in [-0.1, -0.05) is 23.7 Å². The average molecular weight is 307 g/mol. The molecule has 1 N–H and O–H groups in total. The number of nitrogens with zero attached hydrogens (tertiary/aromatic N) is 1. The number of nitriles is 1. The molecule has 2 nitrogen and oxygen atoms in total. The van der Waals surface area contributed by atoms with Crippen molar-refractivity contribution in [2.45, 2.75) is 19.5 Å². The van der Waals surface area contributed by atoms with Crippen LogP contribution in [0.4, 0.5) is 8.78 Å². The molecule has 21 heavy (non-hydrogen) atoms. The minimum absolute atomic E-state index is 0.0282. The Morgan fingerprint density at radius 3 is 2.29 bits per heavy atom. The first kappa shape index (κ1) is 15.4. The summed E-state index contributed by atoms with van der Waals surface area (Å²) in [5.74, 6) is -1.44. The van der Waals surface area contributed by atoms with Crippen LogP contribution in [-0.2, 0) is 6.54 Å². The van der Waals surface area contributed by atoms with Gasteiger partial charge in [0.15, 0.2) is 0 Å². The molecule has 0 aliphatic carbocycles. The second-order valence-electron chi connectivity index (χ2n) is 4.68. The van der Waals surface area contributed by atoms with Gasteiger partial charge in [-0.3, -0.25) is 0 Å². The fourth-order valence-electron chi connectivity index (χ4n) is 1.96.